The van der Waals surface area contributed by atoms with Gasteiger partial charge in [0.2, 0.25) is 17.5 Å². The number of carbonyl (C=O) groups is 4. The van der Waals surface area contributed by atoms with Crippen LogP contribution in [0.2, 0.25) is 0 Å². The van der Waals surface area contributed by atoms with E-state index in [0.29, 0.717) is 54.8 Å². The average Bonchev–Trinajstić information content (AvgIpc) is 1.83. The Kier molecular flexibility index (Phi) is 15.2. The molecule has 0 unspecified atom stereocenters. The molecule has 0 aromatic rings. The summed E-state index contributed by atoms with van der Waals surface area (Å²) in [7, 11) is 0. The third-order valence-corrected chi connectivity index (χ3v) is 25.8. The summed E-state index contributed by atoms with van der Waals surface area (Å²) in [4.78, 5) is 53.6. The van der Waals surface area contributed by atoms with Gasteiger partial charge in [0.1, 0.15) is 0 Å². The van der Waals surface area contributed by atoms with Crippen LogP contribution in [0.5, 0.6) is 0 Å². The first-order chi connectivity index (χ1) is 36.8. The van der Waals surface area contributed by atoms with Crippen LogP contribution in [0.1, 0.15) is 206 Å². The van der Waals surface area contributed by atoms with E-state index in [9.17, 15) is 39.6 Å². The van der Waals surface area contributed by atoms with Crippen molar-refractivity contribution >= 4 is 23.4 Å². The molecular weight excluding hydrogens is 1000 g/mol. The molecule has 80 heavy (non-hydrogen) atoms. The lowest BCUT2D eigenvalue weighted by Crippen LogP contribution is -2.63. The van der Waals surface area contributed by atoms with Gasteiger partial charge in [0.05, 0.1) is 17.6 Å². The Hall–Kier alpha value is -4.32. The van der Waals surface area contributed by atoms with Crippen molar-refractivity contribution in [2.24, 2.45) is 66.0 Å². The number of hydrogen-bond donors (Lipinski definition) is 6. The Morgan fingerprint density at radius 1 is 0.537 bits per heavy atom. The van der Waals surface area contributed by atoms with E-state index >= 15 is 0 Å². The number of amides is 1. The van der Waals surface area contributed by atoms with E-state index in [4.69, 9.17) is 5.11 Å². The largest absolute Gasteiger partial charge is 0.504 e. The Morgan fingerprint density at radius 2 is 0.925 bits per heavy atom. The number of carboxylic acid groups (broad SMARTS) is 1. The molecule has 10 aliphatic carbocycles. The standard InChI is InChI=1S/C34H47NO4.C29H38O4.C5H11NO.CH4/c1-21-23-7-8-26-32(4,24(23)19-25(37)28(21)38)14-16-34(6)27-20-31(3,29(39)35-17-9-22(36)10-18-35)12-11-30(27,2)13-15-33(26,34)5;1-17-18-7-8-21-27(4,19(18)15-20(30)23(17)31)12-14-29(6)22-16-26(3,24(32)33)10-9-25(22,2)11-13-28(21,29)5;7-5-1-3-6-4-2-5;/h7-8,19,22,27,36,38H,9-18,20H2,1-6H3;7-8,15,22,31H,9-14,16H2,1-6H3,(H,32,33);5-7H,1-4H2;1H4/t27-,30-,31-,32+,33-,34+;22-,25-,26-,27+,28-,29+;;/m11../s1. The number of ketones is 2. The SMILES string of the molecule is C.CC1=C(O)C(=O)C=C2C1=CC=C1[C@@]2(C)CC[C@@]2(C)[C@@H]3C[C@](C)(C(=O)N4CCC(O)CC4)CC[C@]3(C)CC[C@]12C.CC1=C(O)C(=O)C=C2C1=CC=C1[C@@]2(C)CC[C@@]2(C)[C@@H]3C[C@](C)(C(=O)O)CC[C@]3(C)CC[C@]12C.OC1CCNCC1. The number of fused-ring (bicyclic) bond motifs is 14. The van der Waals surface area contributed by atoms with E-state index in [2.05, 4.69) is 91.9 Å². The molecule has 440 valence electrons. The minimum absolute atomic E-state index is 0. The number of nitrogens with zero attached hydrogens (tertiary/aromatic N) is 1. The molecule has 0 aromatic carbocycles. The number of hydrogen-bond acceptors (Lipinski definition) is 9. The number of piperidine rings is 2. The monoisotopic (exact) mass is 1100 g/mol. The molecule has 6 N–H and O–H groups in total. The lowest BCUT2D eigenvalue weighted by atomic mass is 9.34. The van der Waals surface area contributed by atoms with Crippen LogP contribution in [-0.4, -0.2) is 92.3 Å². The molecule has 12 aliphatic rings. The van der Waals surface area contributed by atoms with E-state index in [1.54, 1.807) is 12.2 Å². The van der Waals surface area contributed by atoms with Gasteiger partial charge >= 0.3 is 5.97 Å². The molecule has 11 nitrogen and oxygen atoms in total. The summed E-state index contributed by atoms with van der Waals surface area (Å²) in [6, 6.07) is 0. The number of carbonyl (C=O) groups excluding carboxylic acids is 3. The van der Waals surface area contributed by atoms with Crippen molar-refractivity contribution in [2.75, 3.05) is 26.2 Å². The van der Waals surface area contributed by atoms with E-state index in [1.807, 2.05) is 25.7 Å². The van der Waals surface area contributed by atoms with Crippen LogP contribution < -0.4 is 5.32 Å². The van der Waals surface area contributed by atoms with Gasteiger partial charge in [0.25, 0.3) is 0 Å². The van der Waals surface area contributed by atoms with Crippen LogP contribution in [0.4, 0.5) is 0 Å². The molecule has 12 rings (SSSR count). The molecule has 1 amide bonds. The molecule has 2 heterocycles. The minimum Gasteiger partial charge on any atom is -0.504 e. The van der Waals surface area contributed by atoms with Crippen LogP contribution in [0.15, 0.2) is 92.6 Å². The van der Waals surface area contributed by atoms with Crippen molar-refractivity contribution in [1.29, 1.82) is 0 Å². The van der Waals surface area contributed by atoms with Gasteiger partial charge in [-0.25, -0.2) is 0 Å². The molecule has 2 saturated heterocycles. The first-order valence-corrected chi connectivity index (χ1v) is 30.6. The van der Waals surface area contributed by atoms with E-state index in [0.717, 1.165) is 138 Å². The first kappa shape index (κ1) is 60.3. The average molecular weight is 1100 g/mol. The third-order valence-electron chi connectivity index (χ3n) is 25.8. The lowest BCUT2D eigenvalue weighted by Gasteiger charge is -2.70. The predicted octanol–water partition coefficient (Wildman–Crippen LogP) is 13.7. The molecular formula is C69H100N2O9. The number of rotatable bonds is 2. The van der Waals surface area contributed by atoms with Crippen molar-refractivity contribution < 1.29 is 44.7 Å². The number of nitrogens with one attached hydrogen (secondary N) is 1. The highest BCUT2D eigenvalue weighted by Crippen LogP contribution is 2.77. The second kappa shape index (κ2) is 20.2. The van der Waals surface area contributed by atoms with Crippen LogP contribution in [0.25, 0.3) is 0 Å². The highest BCUT2D eigenvalue weighted by Gasteiger charge is 2.69. The minimum atomic E-state index is -0.655. The molecule has 2 aliphatic heterocycles. The van der Waals surface area contributed by atoms with Gasteiger partial charge in [-0.05, 0) is 228 Å². The molecule has 8 fully saturated rings. The molecule has 0 bridgehead atoms. The van der Waals surface area contributed by atoms with Crippen LogP contribution in [0, 0.1) is 66.0 Å². The second-order valence-corrected chi connectivity index (χ2v) is 30.0. The zero-order valence-electron chi connectivity index (χ0n) is 50.1. The van der Waals surface area contributed by atoms with Crippen molar-refractivity contribution in [2.45, 2.75) is 218 Å². The van der Waals surface area contributed by atoms with Gasteiger partial charge < -0.3 is 35.7 Å². The smallest absolute Gasteiger partial charge is 0.309 e. The third kappa shape index (κ3) is 8.85. The summed E-state index contributed by atoms with van der Waals surface area (Å²) >= 11 is 0. The molecule has 12 atom stereocenters. The topological polar surface area (TPSA) is 185 Å². The highest BCUT2D eigenvalue weighted by molar-refractivity contribution is 6.07. The summed E-state index contributed by atoms with van der Waals surface area (Å²) in [5.41, 5.74) is 7.18. The zero-order chi connectivity index (χ0) is 57.5. The summed E-state index contributed by atoms with van der Waals surface area (Å²) in [5.74, 6) is -0.401. The maximum atomic E-state index is 14.0. The van der Waals surface area contributed by atoms with Crippen molar-refractivity contribution in [3.8, 4) is 0 Å². The van der Waals surface area contributed by atoms with Gasteiger partial charge in [-0.1, -0.05) is 105 Å². The highest BCUT2D eigenvalue weighted by atomic mass is 16.4. The fourth-order valence-electron chi connectivity index (χ4n) is 19.6. The van der Waals surface area contributed by atoms with Gasteiger partial charge in [0, 0.05) is 40.5 Å². The molecule has 11 heteroatoms. The summed E-state index contributed by atoms with van der Waals surface area (Å²) in [6.45, 7) is 30.5. The number of likely N-dealkylation sites (tertiary alicyclic amines) is 1. The summed E-state index contributed by atoms with van der Waals surface area (Å²) < 4.78 is 0. The number of allylic oxidation sites excluding steroid dienone is 14. The van der Waals surface area contributed by atoms with Crippen LogP contribution in [0.3, 0.4) is 0 Å². The Morgan fingerprint density at radius 3 is 1.32 bits per heavy atom. The van der Waals surface area contributed by atoms with Crippen LogP contribution >= 0.6 is 0 Å². The number of aliphatic hydroxyl groups excluding tert-OH is 4. The second-order valence-electron chi connectivity index (χ2n) is 30.0. The fourth-order valence-corrected chi connectivity index (χ4v) is 19.6. The maximum Gasteiger partial charge on any atom is 0.309 e. The van der Waals surface area contributed by atoms with Crippen LogP contribution in [-0.2, 0) is 19.2 Å². The fraction of sp³-hybridized carbons (Fsp3) is 0.710. The van der Waals surface area contributed by atoms with Gasteiger partial charge in [-0.15, -0.1) is 0 Å². The summed E-state index contributed by atoms with van der Waals surface area (Å²) in [6.07, 6.45) is 29.1. The first-order valence-electron chi connectivity index (χ1n) is 30.6. The van der Waals surface area contributed by atoms with Gasteiger partial charge in [-0.3, -0.25) is 19.2 Å². The van der Waals surface area contributed by atoms with E-state index in [1.165, 1.54) is 11.1 Å². The Bertz CT molecular complexity index is 2880. The molecule has 0 radical (unpaired) electrons. The zero-order valence-corrected chi connectivity index (χ0v) is 50.1. The normalized spacial score (nSPS) is 43.1. The Labute approximate surface area is 479 Å². The molecule has 6 saturated carbocycles. The van der Waals surface area contributed by atoms with Gasteiger partial charge in [-0.2, -0.15) is 0 Å². The van der Waals surface area contributed by atoms with Crippen molar-refractivity contribution in [3.63, 3.8) is 0 Å². The van der Waals surface area contributed by atoms with Crippen molar-refractivity contribution in [3.05, 3.63) is 92.6 Å². The maximum absolute atomic E-state index is 14.0. The Balaban J connectivity index is 0.000000172. The number of aliphatic carboxylic acids is 1. The van der Waals surface area contributed by atoms with Crippen molar-refractivity contribution in [1.82, 2.24) is 10.2 Å². The predicted molar refractivity (Wildman–Crippen MR) is 316 cm³/mol. The van der Waals surface area contributed by atoms with E-state index < -0.39 is 11.4 Å². The summed E-state index contributed by atoms with van der Waals surface area (Å²) in [5, 5.41) is 52.8. The molecule has 0 aromatic heterocycles. The number of aliphatic hydroxyl groups is 4. The number of carboxylic acids is 1. The van der Waals surface area contributed by atoms with E-state index in [-0.39, 0.29) is 91.5 Å². The quantitative estimate of drug-likeness (QED) is 0.156. The van der Waals surface area contributed by atoms with Gasteiger partial charge in [0.15, 0.2) is 11.5 Å². The lowest BCUT2D eigenvalue weighted by molar-refractivity contribution is -0.178. The molecule has 0 spiro atoms.